The largest absolute Gasteiger partial charge is 0.294 e. The molecule has 0 atom stereocenters. The van der Waals surface area contributed by atoms with E-state index < -0.39 is 5.82 Å². The van der Waals surface area contributed by atoms with Crippen molar-refractivity contribution in [2.24, 2.45) is 5.92 Å². The first-order valence-electron chi connectivity index (χ1n) is 6.76. The summed E-state index contributed by atoms with van der Waals surface area (Å²) in [5, 5.41) is -0.00767. The molecule has 0 aromatic heterocycles. The Bertz CT molecular complexity index is 467. The van der Waals surface area contributed by atoms with Crippen molar-refractivity contribution in [2.45, 2.75) is 44.9 Å². The van der Waals surface area contributed by atoms with E-state index in [0.29, 0.717) is 16.8 Å². The lowest BCUT2D eigenvalue weighted by Gasteiger charge is -2.13. The van der Waals surface area contributed by atoms with E-state index in [9.17, 15) is 9.18 Å². The van der Waals surface area contributed by atoms with Gasteiger partial charge in [0.2, 0.25) is 0 Å². The maximum Gasteiger partial charge on any atom is 0.166 e. The number of ketones is 1. The van der Waals surface area contributed by atoms with Crippen LogP contribution in [0.3, 0.4) is 0 Å². The Morgan fingerprint density at radius 3 is 2.53 bits per heavy atom. The molecule has 0 aliphatic heterocycles. The second kappa shape index (κ2) is 6.85. The molecule has 1 saturated carbocycles. The van der Waals surface area contributed by atoms with Gasteiger partial charge in [0.1, 0.15) is 0 Å². The van der Waals surface area contributed by atoms with E-state index in [1.54, 1.807) is 6.07 Å². The number of carbonyl (C=O) groups excluding carboxylic acids is 1. The van der Waals surface area contributed by atoms with E-state index in [-0.39, 0.29) is 16.4 Å². The van der Waals surface area contributed by atoms with Crippen molar-refractivity contribution in [3.63, 3.8) is 0 Å². The van der Waals surface area contributed by atoms with Gasteiger partial charge in [0.05, 0.1) is 10.6 Å². The lowest BCUT2D eigenvalue weighted by atomic mass is 9.92. The number of benzene rings is 1. The molecule has 0 spiro atoms. The molecule has 0 saturated heterocycles. The van der Waals surface area contributed by atoms with Crippen LogP contribution in [-0.4, -0.2) is 5.78 Å². The fraction of sp³-hybridized carbons (Fsp3) is 0.533. The van der Waals surface area contributed by atoms with E-state index in [0.717, 1.165) is 12.8 Å². The highest BCUT2D eigenvalue weighted by molar-refractivity contribution is 9.10. The Balaban J connectivity index is 2.09. The lowest BCUT2D eigenvalue weighted by molar-refractivity contribution is 0.0953. The van der Waals surface area contributed by atoms with E-state index in [1.807, 2.05) is 0 Å². The van der Waals surface area contributed by atoms with Crippen molar-refractivity contribution in [2.75, 3.05) is 0 Å². The van der Waals surface area contributed by atoms with E-state index >= 15 is 0 Å². The Kier molecular flexibility index (Phi) is 5.40. The topological polar surface area (TPSA) is 17.1 Å². The first-order valence-corrected chi connectivity index (χ1v) is 7.93. The molecular formula is C15H17BrClFO. The Morgan fingerprint density at radius 1 is 1.26 bits per heavy atom. The minimum absolute atomic E-state index is 0.00767. The quantitative estimate of drug-likeness (QED) is 0.384. The smallest absolute Gasteiger partial charge is 0.166 e. The van der Waals surface area contributed by atoms with Gasteiger partial charge in [0, 0.05) is 10.9 Å². The number of halogens is 3. The van der Waals surface area contributed by atoms with Gasteiger partial charge >= 0.3 is 0 Å². The summed E-state index contributed by atoms with van der Waals surface area (Å²) in [5.41, 5.74) is 0.123. The van der Waals surface area contributed by atoms with Crippen molar-refractivity contribution in [1.82, 2.24) is 0 Å². The summed E-state index contributed by atoms with van der Waals surface area (Å²) in [4.78, 5) is 12.2. The van der Waals surface area contributed by atoms with Gasteiger partial charge in [-0.3, -0.25) is 4.79 Å². The molecule has 0 bridgehead atoms. The van der Waals surface area contributed by atoms with Crippen LogP contribution in [-0.2, 0) is 0 Å². The van der Waals surface area contributed by atoms with Crippen LogP contribution in [0.1, 0.15) is 55.3 Å². The SMILES string of the molecule is O=C(CC1CCCCCC1)c1ccc(Br)c(Cl)c1F. The van der Waals surface area contributed by atoms with Gasteiger partial charge in [-0.2, -0.15) is 0 Å². The summed E-state index contributed by atoms with van der Waals surface area (Å²) < 4.78 is 14.4. The van der Waals surface area contributed by atoms with Crippen LogP contribution >= 0.6 is 27.5 Å². The zero-order valence-electron chi connectivity index (χ0n) is 10.7. The highest BCUT2D eigenvalue weighted by Gasteiger charge is 2.21. The van der Waals surface area contributed by atoms with E-state index in [4.69, 9.17) is 11.6 Å². The van der Waals surface area contributed by atoms with Gasteiger partial charge in [-0.15, -0.1) is 0 Å². The molecule has 104 valence electrons. The van der Waals surface area contributed by atoms with Crippen LogP contribution in [0.25, 0.3) is 0 Å². The number of carbonyl (C=O) groups is 1. The molecule has 1 aromatic carbocycles. The molecule has 0 N–H and O–H groups in total. The standard InChI is InChI=1S/C15H17BrClFO/c16-12-8-7-11(15(18)14(12)17)13(19)9-10-5-3-1-2-4-6-10/h7-8,10H,1-6,9H2. The van der Waals surface area contributed by atoms with Gasteiger partial charge in [-0.25, -0.2) is 4.39 Å². The van der Waals surface area contributed by atoms with Gasteiger partial charge in [-0.1, -0.05) is 50.1 Å². The van der Waals surface area contributed by atoms with Crippen molar-refractivity contribution in [3.05, 3.63) is 33.0 Å². The second-order valence-electron chi connectivity index (χ2n) is 5.21. The molecule has 2 rings (SSSR count). The highest BCUT2D eigenvalue weighted by atomic mass is 79.9. The third-order valence-electron chi connectivity index (χ3n) is 3.78. The van der Waals surface area contributed by atoms with Gasteiger partial charge < -0.3 is 0 Å². The maximum absolute atomic E-state index is 14.0. The molecule has 1 aliphatic carbocycles. The van der Waals surface area contributed by atoms with Gasteiger partial charge in [0.15, 0.2) is 11.6 Å². The lowest BCUT2D eigenvalue weighted by Crippen LogP contribution is -2.10. The van der Waals surface area contributed by atoms with Crippen molar-refractivity contribution in [1.29, 1.82) is 0 Å². The normalized spacial score (nSPS) is 17.2. The van der Waals surface area contributed by atoms with E-state index in [2.05, 4.69) is 15.9 Å². The highest BCUT2D eigenvalue weighted by Crippen LogP contribution is 2.31. The number of rotatable bonds is 3. The second-order valence-corrected chi connectivity index (χ2v) is 6.44. The number of hydrogen-bond acceptors (Lipinski definition) is 1. The first kappa shape index (κ1) is 15.0. The minimum Gasteiger partial charge on any atom is -0.294 e. The predicted octanol–water partition coefficient (Wildman–Crippen LogP) is 5.78. The maximum atomic E-state index is 14.0. The molecule has 0 radical (unpaired) electrons. The van der Waals surface area contributed by atoms with Crippen LogP contribution in [0.4, 0.5) is 4.39 Å². The summed E-state index contributed by atoms with van der Waals surface area (Å²) in [6, 6.07) is 3.15. The van der Waals surface area contributed by atoms with E-state index in [1.165, 1.54) is 31.7 Å². The summed E-state index contributed by atoms with van der Waals surface area (Å²) in [6.07, 6.45) is 7.47. The van der Waals surface area contributed by atoms with Crippen molar-refractivity contribution < 1.29 is 9.18 Å². The molecule has 0 heterocycles. The third kappa shape index (κ3) is 3.79. The molecule has 4 heteroatoms. The Hall–Kier alpha value is -0.410. The summed E-state index contributed by atoms with van der Waals surface area (Å²) in [7, 11) is 0. The Morgan fingerprint density at radius 2 is 1.89 bits per heavy atom. The zero-order valence-corrected chi connectivity index (χ0v) is 13.1. The molecule has 1 aromatic rings. The van der Waals surface area contributed by atoms with Crippen LogP contribution in [0.5, 0.6) is 0 Å². The summed E-state index contributed by atoms with van der Waals surface area (Å²) in [5.74, 6) is -0.328. The molecule has 0 unspecified atom stereocenters. The molecular weight excluding hydrogens is 331 g/mol. The number of hydrogen-bond donors (Lipinski definition) is 0. The molecule has 1 aliphatic rings. The van der Waals surface area contributed by atoms with Crippen LogP contribution in [0, 0.1) is 11.7 Å². The Labute approximate surface area is 126 Å². The first-order chi connectivity index (χ1) is 9.09. The number of Topliss-reactive ketones (excluding diaryl/α,β-unsaturated/α-hetero) is 1. The molecule has 1 nitrogen and oxygen atoms in total. The van der Waals surface area contributed by atoms with Crippen LogP contribution in [0.2, 0.25) is 5.02 Å². The monoisotopic (exact) mass is 346 g/mol. The fourth-order valence-corrected chi connectivity index (χ4v) is 3.15. The minimum atomic E-state index is -0.602. The summed E-state index contributed by atoms with van der Waals surface area (Å²) in [6.45, 7) is 0. The van der Waals surface area contributed by atoms with Crippen LogP contribution < -0.4 is 0 Å². The average Bonchev–Trinajstić information content (AvgIpc) is 2.64. The van der Waals surface area contributed by atoms with Gasteiger partial charge in [-0.05, 0) is 34.0 Å². The van der Waals surface area contributed by atoms with Gasteiger partial charge in [0.25, 0.3) is 0 Å². The predicted molar refractivity (Wildman–Crippen MR) is 79.2 cm³/mol. The zero-order chi connectivity index (χ0) is 13.8. The fourth-order valence-electron chi connectivity index (χ4n) is 2.68. The van der Waals surface area contributed by atoms with Crippen molar-refractivity contribution in [3.8, 4) is 0 Å². The van der Waals surface area contributed by atoms with Crippen LogP contribution in [0.15, 0.2) is 16.6 Å². The van der Waals surface area contributed by atoms with Crippen molar-refractivity contribution >= 4 is 33.3 Å². The molecule has 19 heavy (non-hydrogen) atoms. The molecule has 0 amide bonds. The third-order valence-corrected chi connectivity index (χ3v) is 5.04. The average molecular weight is 348 g/mol. The molecule has 1 fully saturated rings. The summed E-state index contributed by atoms with van der Waals surface area (Å²) >= 11 is 8.98.